The summed E-state index contributed by atoms with van der Waals surface area (Å²) in [7, 11) is 3.21. The van der Waals surface area contributed by atoms with Crippen LogP contribution in [0.3, 0.4) is 0 Å². The summed E-state index contributed by atoms with van der Waals surface area (Å²) in [4.78, 5) is 4.59. The van der Waals surface area contributed by atoms with Gasteiger partial charge in [0.1, 0.15) is 6.10 Å². The lowest BCUT2D eigenvalue weighted by molar-refractivity contribution is 0.214. The molecule has 28 heavy (non-hydrogen) atoms. The fourth-order valence-corrected chi connectivity index (χ4v) is 2.62. The van der Waals surface area contributed by atoms with Crippen molar-refractivity contribution in [2.75, 3.05) is 27.3 Å². The van der Waals surface area contributed by atoms with Crippen LogP contribution in [0.5, 0.6) is 17.2 Å². The van der Waals surface area contributed by atoms with Crippen LogP contribution in [0, 0.1) is 5.82 Å². The SMILES string of the molecule is CCNC(=NCc1cccc(OC)c1OC)NCC(C)Oc1ccccc1F. The van der Waals surface area contributed by atoms with Gasteiger partial charge in [0.05, 0.1) is 27.3 Å². The van der Waals surface area contributed by atoms with Crippen LogP contribution in [0.4, 0.5) is 4.39 Å². The highest BCUT2D eigenvalue weighted by atomic mass is 19.1. The van der Waals surface area contributed by atoms with Crippen molar-refractivity contribution in [1.29, 1.82) is 0 Å². The van der Waals surface area contributed by atoms with Crippen LogP contribution in [0.1, 0.15) is 19.4 Å². The van der Waals surface area contributed by atoms with Crippen molar-refractivity contribution in [3.63, 3.8) is 0 Å². The van der Waals surface area contributed by atoms with Crippen LogP contribution in [0.25, 0.3) is 0 Å². The summed E-state index contributed by atoms with van der Waals surface area (Å²) in [5.74, 6) is 1.83. The minimum Gasteiger partial charge on any atom is -0.493 e. The zero-order chi connectivity index (χ0) is 20.4. The molecule has 152 valence electrons. The number of para-hydroxylation sites is 2. The largest absolute Gasteiger partial charge is 0.493 e. The molecular formula is C21H28FN3O3. The lowest BCUT2D eigenvalue weighted by Crippen LogP contribution is -2.41. The van der Waals surface area contributed by atoms with E-state index in [4.69, 9.17) is 14.2 Å². The first-order valence-corrected chi connectivity index (χ1v) is 9.22. The minimum absolute atomic E-state index is 0.236. The van der Waals surface area contributed by atoms with Crippen LogP contribution < -0.4 is 24.8 Å². The van der Waals surface area contributed by atoms with Crippen molar-refractivity contribution in [2.45, 2.75) is 26.5 Å². The molecule has 0 spiro atoms. The fourth-order valence-electron chi connectivity index (χ4n) is 2.62. The number of hydrogen-bond donors (Lipinski definition) is 2. The van der Waals surface area contributed by atoms with Crippen LogP contribution in [-0.4, -0.2) is 39.4 Å². The van der Waals surface area contributed by atoms with E-state index in [9.17, 15) is 4.39 Å². The molecule has 0 aromatic heterocycles. The smallest absolute Gasteiger partial charge is 0.191 e. The van der Waals surface area contributed by atoms with E-state index in [0.29, 0.717) is 37.1 Å². The number of halogens is 1. The van der Waals surface area contributed by atoms with E-state index < -0.39 is 0 Å². The number of benzene rings is 2. The number of nitrogens with one attached hydrogen (secondary N) is 2. The summed E-state index contributed by atoms with van der Waals surface area (Å²) >= 11 is 0. The predicted octanol–water partition coefficient (Wildman–Crippen LogP) is 3.37. The number of hydrogen-bond acceptors (Lipinski definition) is 4. The Kier molecular flexibility index (Phi) is 8.39. The van der Waals surface area contributed by atoms with Crippen LogP contribution >= 0.6 is 0 Å². The first-order valence-electron chi connectivity index (χ1n) is 9.22. The standard InChI is InChI=1S/C21H28FN3O3/c1-5-23-21(24-13-15(2)28-18-11-7-6-10-17(18)22)25-14-16-9-8-12-19(26-3)20(16)27-4/h6-12,15H,5,13-14H2,1-4H3,(H2,23,24,25). The van der Waals surface area contributed by atoms with Gasteiger partial charge in [-0.15, -0.1) is 0 Å². The monoisotopic (exact) mass is 389 g/mol. The quantitative estimate of drug-likeness (QED) is 0.509. The molecule has 0 aliphatic rings. The van der Waals surface area contributed by atoms with Gasteiger partial charge in [-0.1, -0.05) is 24.3 Å². The zero-order valence-electron chi connectivity index (χ0n) is 16.8. The van der Waals surface area contributed by atoms with Gasteiger partial charge < -0.3 is 24.8 Å². The first kappa shape index (κ1) is 21.3. The van der Waals surface area contributed by atoms with E-state index in [-0.39, 0.29) is 17.7 Å². The van der Waals surface area contributed by atoms with E-state index in [2.05, 4.69) is 15.6 Å². The lowest BCUT2D eigenvalue weighted by Gasteiger charge is -2.18. The highest BCUT2D eigenvalue weighted by molar-refractivity contribution is 5.79. The summed E-state index contributed by atoms with van der Waals surface area (Å²) in [6.45, 7) is 5.45. The second kappa shape index (κ2) is 11.0. The third-order valence-corrected chi connectivity index (χ3v) is 3.96. The second-order valence-electron chi connectivity index (χ2n) is 6.09. The average Bonchev–Trinajstić information content (AvgIpc) is 2.71. The average molecular weight is 389 g/mol. The molecule has 0 aliphatic heterocycles. The van der Waals surface area contributed by atoms with Gasteiger partial charge in [-0.2, -0.15) is 0 Å². The molecule has 1 unspecified atom stereocenters. The van der Waals surface area contributed by atoms with Crippen LogP contribution in [-0.2, 0) is 6.54 Å². The molecule has 2 rings (SSSR count). The summed E-state index contributed by atoms with van der Waals surface area (Å²) < 4.78 is 30.1. The van der Waals surface area contributed by atoms with Crippen molar-refractivity contribution in [2.24, 2.45) is 4.99 Å². The topological polar surface area (TPSA) is 64.1 Å². The van der Waals surface area contributed by atoms with Gasteiger partial charge in [-0.3, -0.25) is 0 Å². The molecule has 0 fully saturated rings. The Morgan fingerprint density at radius 3 is 2.46 bits per heavy atom. The third kappa shape index (κ3) is 6.04. The summed E-state index contributed by atoms with van der Waals surface area (Å²) in [6, 6.07) is 12.1. The van der Waals surface area contributed by atoms with Gasteiger partial charge in [-0.25, -0.2) is 9.38 Å². The molecule has 0 bridgehead atoms. The van der Waals surface area contributed by atoms with Crippen LogP contribution in [0.2, 0.25) is 0 Å². The number of nitrogens with zero attached hydrogens (tertiary/aromatic N) is 1. The molecule has 0 aliphatic carbocycles. The van der Waals surface area contributed by atoms with Gasteiger partial charge in [-0.05, 0) is 32.0 Å². The van der Waals surface area contributed by atoms with E-state index in [1.807, 2.05) is 32.0 Å². The predicted molar refractivity (Wildman–Crippen MR) is 109 cm³/mol. The minimum atomic E-state index is -0.375. The highest BCUT2D eigenvalue weighted by Crippen LogP contribution is 2.31. The molecule has 2 N–H and O–H groups in total. The number of rotatable bonds is 9. The van der Waals surface area contributed by atoms with Crippen molar-refractivity contribution in [3.05, 3.63) is 53.8 Å². The molecule has 1 atom stereocenters. The van der Waals surface area contributed by atoms with E-state index >= 15 is 0 Å². The number of ether oxygens (including phenoxy) is 3. The molecule has 7 heteroatoms. The Morgan fingerprint density at radius 2 is 1.79 bits per heavy atom. The molecule has 0 radical (unpaired) electrons. The van der Waals surface area contributed by atoms with Crippen molar-refractivity contribution in [3.8, 4) is 17.2 Å². The Morgan fingerprint density at radius 1 is 1.04 bits per heavy atom. The van der Waals surface area contributed by atoms with E-state index in [1.54, 1.807) is 32.4 Å². The molecule has 2 aromatic carbocycles. The Balaban J connectivity index is 2.00. The highest BCUT2D eigenvalue weighted by Gasteiger charge is 2.11. The lowest BCUT2D eigenvalue weighted by atomic mass is 10.2. The Bertz CT molecular complexity index is 783. The maximum atomic E-state index is 13.7. The van der Waals surface area contributed by atoms with Crippen LogP contribution in [0.15, 0.2) is 47.5 Å². The third-order valence-electron chi connectivity index (χ3n) is 3.96. The van der Waals surface area contributed by atoms with Gasteiger partial charge >= 0.3 is 0 Å². The first-order chi connectivity index (χ1) is 13.6. The fraction of sp³-hybridized carbons (Fsp3) is 0.381. The molecule has 0 saturated heterocycles. The van der Waals surface area contributed by atoms with E-state index in [0.717, 1.165) is 5.56 Å². The molecule has 0 amide bonds. The summed E-state index contributed by atoms with van der Waals surface area (Å²) in [5, 5.41) is 6.40. The Labute approximate surface area is 165 Å². The second-order valence-corrected chi connectivity index (χ2v) is 6.09. The number of guanidine groups is 1. The number of aliphatic imine (C=N–C) groups is 1. The zero-order valence-corrected chi connectivity index (χ0v) is 16.8. The van der Waals surface area contributed by atoms with E-state index in [1.165, 1.54) is 6.07 Å². The van der Waals surface area contributed by atoms with Gasteiger partial charge in [0.2, 0.25) is 0 Å². The molecule has 0 heterocycles. The maximum absolute atomic E-state index is 13.7. The number of methoxy groups -OCH3 is 2. The van der Waals surface area contributed by atoms with Crippen molar-refractivity contribution >= 4 is 5.96 Å². The molecular weight excluding hydrogens is 361 g/mol. The van der Waals surface area contributed by atoms with Crippen molar-refractivity contribution in [1.82, 2.24) is 10.6 Å². The molecule has 6 nitrogen and oxygen atoms in total. The summed E-state index contributed by atoms with van der Waals surface area (Å²) in [5.41, 5.74) is 0.912. The van der Waals surface area contributed by atoms with Gasteiger partial charge in [0.15, 0.2) is 29.0 Å². The summed E-state index contributed by atoms with van der Waals surface area (Å²) in [6.07, 6.45) is -0.243. The maximum Gasteiger partial charge on any atom is 0.191 e. The van der Waals surface area contributed by atoms with Gasteiger partial charge in [0.25, 0.3) is 0 Å². The van der Waals surface area contributed by atoms with Gasteiger partial charge in [0, 0.05) is 12.1 Å². The normalized spacial score (nSPS) is 12.2. The molecule has 2 aromatic rings. The molecule has 0 saturated carbocycles. The van der Waals surface area contributed by atoms with Crippen molar-refractivity contribution < 1.29 is 18.6 Å². The Hall–Kier alpha value is -2.96.